The molecule has 1 saturated heterocycles. The summed E-state index contributed by atoms with van der Waals surface area (Å²) in [5, 5.41) is 0. The molecule has 0 aromatic carbocycles. The Morgan fingerprint density at radius 3 is 3.09 bits per heavy atom. The Hall–Kier alpha value is -1.85. The summed E-state index contributed by atoms with van der Waals surface area (Å²) in [6, 6.07) is 8.19. The van der Waals surface area contributed by atoms with Gasteiger partial charge in [-0.05, 0) is 25.0 Å². The number of ether oxygens (including phenoxy) is 2. The summed E-state index contributed by atoms with van der Waals surface area (Å²) < 4.78 is 17.2. The van der Waals surface area contributed by atoms with Crippen molar-refractivity contribution in [3.05, 3.63) is 48.6 Å². The third-order valence-electron chi connectivity index (χ3n) is 4.53. The Bertz CT molecular complexity index is 587. The first-order chi connectivity index (χ1) is 10.9. The van der Waals surface area contributed by atoms with Crippen LogP contribution in [0.15, 0.2) is 47.4 Å². The van der Waals surface area contributed by atoms with E-state index in [4.69, 9.17) is 13.9 Å². The number of rotatable bonds is 4. The standard InChI is InChI=1S/C17H20N2O3/c1-2-7-18-16(3-1)22-15-5-4-14-17(15)21-10-8-19(14)11-13-6-9-20-12-13/h1-3,6-7,9,12,14-15,17H,4-5,8,10-11H2/t14-,15-,17+/m0/s1. The van der Waals surface area contributed by atoms with E-state index in [1.807, 2.05) is 30.5 Å². The highest BCUT2D eigenvalue weighted by atomic mass is 16.5. The number of fused-ring (bicyclic) bond motifs is 1. The zero-order chi connectivity index (χ0) is 14.8. The van der Waals surface area contributed by atoms with Crippen molar-refractivity contribution in [3.63, 3.8) is 0 Å². The summed E-state index contributed by atoms with van der Waals surface area (Å²) in [5.74, 6) is 0.684. The second-order valence-corrected chi connectivity index (χ2v) is 5.91. The maximum absolute atomic E-state index is 6.05. The van der Waals surface area contributed by atoms with E-state index in [2.05, 4.69) is 9.88 Å². The highest BCUT2D eigenvalue weighted by molar-refractivity contribution is 5.12. The smallest absolute Gasteiger partial charge is 0.213 e. The summed E-state index contributed by atoms with van der Waals surface area (Å²) in [7, 11) is 0. The lowest BCUT2D eigenvalue weighted by Crippen LogP contribution is -2.51. The molecule has 5 heteroatoms. The molecule has 4 rings (SSSR count). The van der Waals surface area contributed by atoms with Gasteiger partial charge in [-0.25, -0.2) is 4.98 Å². The molecule has 1 saturated carbocycles. The number of hydrogen-bond acceptors (Lipinski definition) is 5. The number of furan rings is 1. The largest absolute Gasteiger partial charge is 0.472 e. The minimum Gasteiger partial charge on any atom is -0.472 e. The Kier molecular flexibility index (Phi) is 3.83. The van der Waals surface area contributed by atoms with Gasteiger partial charge in [-0.15, -0.1) is 0 Å². The van der Waals surface area contributed by atoms with Crippen molar-refractivity contribution in [1.82, 2.24) is 9.88 Å². The highest BCUT2D eigenvalue weighted by Crippen LogP contribution is 2.33. The van der Waals surface area contributed by atoms with Gasteiger partial charge < -0.3 is 13.9 Å². The van der Waals surface area contributed by atoms with Gasteiger partial charge >= 0.3 is 0 Å². The molecule has 2 fully saturated rings. The molecule has 0 spiro atoms. The van der Waals surface area contributed by atoms with E-state index in [0.29, 0.717) is 11.9 Å². The van der Waals surface area contributed by atoms with Crippen molar-refractivity contribution in [2.75, 3.05) is 13.2 Å². The van der Waals surface area contributed by atoms with Gasteiger partial charge in [0.2, 0.25) is 5.88 Å². The second kappa shape index (κ2) is 6.10. The Balaban J connectivity index is 1.44. The van der Waals surface area contributed by atoms with Gasteiger partial charge in [0.1, 0.15) is 12.2 Å². The number of aromatic nitrogens is 1. The predicted octanol–water partition coefficient (Wildman–Crippen LogP) is 2.49. The van der Waals surface area contributed by atoms with Gasteiger partial charge in [0.25, 0.3) is 0 Å². The average Bonchev–Trinajstić information content (AvgIpc) is 3.19. The minimum absolute atomic E-state index is 0.0899. The number of pyridine rings is 1. The summed E-state index contributed by atoms with van der Waals surface area (Å²) in [5.41, 5.74) is 1.22. The van der Waals surface area contributed by atoms with Gasteiger partial charge in [0.15, 0.2) is 0 Å². The van der Waals surface area contributed by atoms with Gasteiger partial charge in [-0.3, -0.25) is 4.90 Å². The fourth-order valence-corrected chi connectivity index (χ4v) is 3.50. The summed E-state index contributed by atoms with van der Waals surface area (Å²) in [6.07, 6.45) is 7.63. The van der Waals surface area contributed by atoms with Crippen molar-refractivity contribution in [3.8, 4) is 5.88 Å². The van der Waals surface area contributed by atoms with Crippen molar-refractivity contribution in [1.29, 1.82) is 0 Å². The topological polar surface area (TPSA) is 47.7 Å². The van der Waals surface area contributed by atoms with Crippen molar-refractivity contribution >= 4 is 0 Å². The molecule has 3 atom stereocenters. The van der Waals surface area contributed by atoms with E-state index in [1.165, 1.54) is 5.56 Å². The third kappa shape index (κ3) is 2.74. The zero-order valence-corrected chi connectivity index (χ0v) is 12.4. The molecule has 2 aromatic rings. The van der Waals surface area contributed by atoms with E-state index in [0.717, 1.165) is 32.5 Å². The number of nitrogens with zero attached hydrogens (tertiary/aromatic N) is 2. The van der Waals surface area contributed by atoms with Crippen LogP contribution in [0.2, 0.25) is 0 Å². The molecular weight excluding hydrogens is 280 g/mol. The average molecular weight is 300 g/mol. The van der Waals surface area contributed by atoms with E-state index < -0.39 is 0 Å². The summed E-state index contributed by atoms with van der Waals surface area (Å²) >= 11 is 0. The van der Waals surface area contributed by atoms with Crippen LogP contribution in [0, 0.1) is 0 Å². The molecule has 116 valence electrons. The van der Waals surface area contributed by atoms with Crippen LogP contribution in [0.3, 0.4) is 0 Å². The SMILES string of the molecule is c1ccc(O[C@H]2CC[C@H]3[C@H]2OCCN3Cc2ccoc2)nc1. The molecule has 2 aliphatic rings. The lowest BCUT2D eigenvalue weighted by Gasteiger charge is -2.38. The molecule has 0 bridgehead atoms. The van der Waals surface area contributed by atoms with Gasteiger partial charge in [0.05, 0.1) is 19.1 Å². The number of morpholine rings is 1. The lowest BCUT2D eigenvalue weighted by atomic mass is 10.1. The normalized spacial score (nSPS) is 28.5. The van der Waals surface area contributed by atoms with E-state index in [1.54, 1.807) is 12.5 Å². The monoisotopic (exact) mass is 300 g/mol. The van der Waals surface area contributed by atoms with Crippen LogP contribution in [0.1, 0.15) is 18.4 Å². The predicted molar refractivity (Wildman–Crippen MR) is 80.5 cm³/mol. The van der Waals surface area contributed by atoms with Crippen LogP contribution >= 0.6 is 0 Å². The van der Waals surface area contributed by atoms with Gasteiger partial charge in [-0.1, -0.05) is 6.07 Å². The van der Waals surface area contributed by atoms with Crippen LogP contribution < -0.4 is 4.74 Å². The van der Waals surface area contributed by atoms with Crippen LogP contribution in [0.5, 0.6) is 5.88 Å². The van der Waals surface area contributed by atoms with Crippen molar-refractivity contribution in [2.45, 2.75) is 37.6 Å². The molecule has 5 nitrogen and oxygen atoms in total. The zero-order valence-electron chi connectivity index (χ0n) is 12.4. The fourth-order valence-electron chi connectivity index (χ4n) is 3.50. The van der Waals surface area contributed by atoms with Crippen LogP contribution in [0.25, 0.3) is 0 Å². The molecular formula is C17H20N2O3. The van der Waals surface area contributed by atoms with Gasteiger partial charge in [0, 0.05) is 37.0 Å². The second-order valence-electron chi connectivity index (χ2n) is 5.91. The third-order valence-corrected chi connectivity index (χ3v) is 4.53. The summed E-state index contributed by atoms with van der Waals surface area (Å²) in [6.45, 7) is 2.63. The maximum atomic E-state index is 6.05. The highest BCUT2D eigenvalue weighted by Gasteiger charge is 2.44. The van der Waals surface area contributed by atoms with E-state index >= 15 is 0 Å². The first-order valence-electron chi connectivity index (χ1n) is 7.84. The maximum Gasteiger partial charge on any atom is 0.213 e. The quantitative estimate of drug-likeness (QED) is 0.868. The van der Waals surface area contributed by atoms with Crippen LogP contribution in [0.4, 0.5) is 0 Å². The molecule has 2 aromatic heterocycles. The minimum atomic E-state index is 0.0899. The molecule has 1 aliphatic heterocycles. The van der Waals surface area contributed by atoms with Crippen LogP contribution in [-0.2, 0) is 11.3 Å². The van der Waals surface area contributed by atoms with E-state index in [9.17, 15) is 0 Å². The first-order valence-corrected chi connectivity index (χ1v) is 7.84. The molecule has 0 radical (unpaired) electrons. The molecule has 0 unspecified atom stereocenters. The van der Waals surface area contributed by atoms with Gasteiger partial charge in [-0.2, -0.15) is 0 Å². The molecule has 0 amide bonds. The Labute approximate surface area is 129 Å². The number of hydrogen-bond donors (Lipinski definition) is 0. The Morgan fingerprint density at radius 2 is 2.27 bits per heavy atom. The van der Waals surface area contributed by atoms with E-state index in [-0.39, 0.29) is 12.2 Å². The van der Waals surface area contributed by atoms with Crippen molar-refractivity contribution in [2.24, 2.45) is 0 Å². The van der Waals surface area contributed by atoms with Crippen molar-refractivity contribution < 1.29 is 13.9 Å². The first kappa shape index (κ1) is 13.8. The lowest BCUT2D eigenvalue weighted by molar-refractivity contribution is -0.0922. The molecule has 3 heterocycles. The summed E-state index contributed by atoms with van der Waals surface area (Å²) in [4.78, 5) is 6.74. The molecule has 0 N–H and O–H groups in total. The molecule has 22 heavy (non-hydrogen) atoms. The van der Waals surface area contributed by atoms with Crippen LogP contribution in [-0.4, -0.2) is 41.3 Å². The fraction of sp³-hybridized carbons (Fsp3) is 0.471. The Morgan fingerprint density at radius 1 is 1.27 bits per heavy atom. The molecule has 1 aliphatic carbocycles.